The van der Waals surface area contributed by atoms with Crippen molar-refractivity contribution >= 4 is 21.8 Å². The van der Waals surface area contributed by atoms with Crippen LogP contribution in [0.3, 0.4) is 0 Å². The third-order valence-electron chi connectivity index (χ3n) is 6.52. The summed E-state index contributed by atoms with van der Waals surface area (Å²) < 4.78 is 3.14. The third-order valence-corrected chi connectivity index (χ3v) is 6.52. The van der Waals surface area contributed by atoms with E-state index in [1.807, 2.05) is 6.07 Å². The molecule has 0 amide bonds. The first kappa shape index (κ1) is 20.6. The summed E-state index contributed by atoms with van der Waals surface area (Å²) in [4.78, 5) is 35.5. The summed E-state index contributed by atoms with van der Waals surface area (Å²) in [5.74, 6) is 1.55. The van der Waals surface area contributed by atoms with Crippen LogP contribution >= 0.6 is 0 Å². The maximum atomic E-state index is 13.3. The van der Waals surface area contributed by atoms with Gasteiger partial charge in [-0.1, -0.05) is 39.0 Å². The minimum Gasteiger partial charge on any atom is -0.315 e. The average Bonchev–Trinajstić information content (AvgIpc) is 3.31. The molecular weight excluding hydrogens is 404 g/mol. The molecule has 1 fully saturated rings. The predicted octanol–water partition coefficient (Wildman–Crippen LogP) is 4.06. The quantitative estimate of drug-likeness (QED) is 0.366. The number of aryl methyl sites for hydroxylation is 1. The summed E-state index contributed by atoms with van der Waals surface area (Å²) in [6.45, 7) is 2.80. The van der Waals surface area contributed by atoms with E-state index in [1.54, 1.807) is 29.1 Å². The molecule has 1 N–H and O–H groups in total. The number of aromatic amines is 1. The van der Waals surface area contributed by atoms with Crippen molar-refractivity contribution in [1.82, 2.24) is 29.3 Å². The van der Waals surface area contributed by atoms with Gasteiger partial charge in [0, 0.05) is 24.9 Å². The Labute approximate surface area is 185 Å². The first-order valence-electron chi connectivity index (χ1n) is 11.6. The predicted molar refractivity (Wildman–Crippen MR) is 124 cm³/mol. The highest BCUT2D eigenvalue weighted by molar-refractivity contribution is 5.91. The zero-order valence-electron chi connectivity index (χ0n) is 18.4. The van der Waals surface area contributed by atoms with Crippen molar-refractivity contribution in [1.29, 1.82) is 0 Å². The fourth-order valence-corrected chi connectivity index (χ4v) is 4.66. The molecule has 4 aromatic heterocycles. The lowest BCUT2D eigenvalue weighted by Gasteiger charge is -2.18. The van der Waals surface area contributed by atoms with Crippen molar-refractivity contribution < 1.29 is 0 Å². The summed E-state index contributed by atoms with van der Waals surface area (Å²) in [5.41, 5.74) is 0.779. The van der Waals surface area contributed by atoms with Gasteiger partial charge in [0.25, 0.3) is 17.1 Å². The van der Waals surface area contributed by atoms with E-state index < -0.39 is 0 Å². The van der Waals surface area contributed by atoms with E-state index in [2.05, 4.69) is 27.1 Å². The molecule has 0 unspecified atom stereocenters. The summed E-state index contributed by atoms with van der Waals surface area (Å²) in [5, 5.41) is 8.19. The molecule has 0 saturated heterocycles. The number of unbranched alkanes of at least 4 members (excludes halogenated alkanes) is 2. The Balaban J connectivity index is 1.55. The highest BCUT2D eigenvalue weighted by atomic mass is 16.1. The maximum absolute atomic E-state index is 13.3. The Hall–Kier alpha value is -3.29. The molecule has 166 valence electrons. The minimum absolute atomic E-state index is 0.111. The smallest absolute Gasteiger partial charge is 0.267 e. The monoisotopic (exact) mass is 432 g/mol. The van der Waals surface area contributed by atoms with Crippen LogP contribution in [0, 0.1) is 0 Å². The zero-order valence-corrected chi connectivity index (χ0v) is 18.4. The van der Waals surface area contributed by atoms with Crippen LogP contribution in [-0.4, -0.2) is 29.3 Å². The van der Waals surface area contributed by atoms with Crippen LogP contribution in [0.15, 0.2) is 40.2 Å². The summed E-state index contributed by atoms with van der Waals surface area (Å²) in [6, 6.07) is 5.29. The molecule has 1 aliphatic carbocycles. The van der Waals surface area contributed by atoms with Gasteiger partial charge in [0.2, 0.25) is 0 Å². The second-order valence-corrected chi connectivity index (χ2v) is 8.72. The molecule has 4 aromatic rings. The van der Waals surface area contributed by atoms with Crippen LogP contribution in [0.4, 0.5) is 0 Å². The molecule has 0 aromatic carbocycles. The molecule has 32 heavy (non-hydrogen) atoms. The molecule has 8 heteroatoms. The van der Waals surface area contributed by atoms with Crippen LogP contribution in [-0.2, 0) is 6.54 Å². The molecule has 0 spiro atoms. The van der Waals surface area contributed by atoms with Crippen molar-refractivity contribution in [2.24, 2.45) is 0 Å². The van der Waals surface area contributed by atoms with E-state index in [1.165, 1.54) is 23.8 Å². The fourth-order valence-electron chi connectivity index (χ4n) is 4.66. The van der Waals surface area contributed by atoms with Gasteiger partial charge in [-0.05, 0) is 37.5 Å². The second kappa shape index (κ2) is 8.68. The van der Waals surface area contributed by atoms with Crippen LogP contribution in [0.1, 0.15) is 70.0 Å². The number of rotatable bonds is 6. The van der Waals surface area contributed by atoms with Crippen LogP contribution in [0.2, 0.25) is 0 Å². The number of aromatic nitrogens is 6. The van der Waals surface area contributed by atoms with Gasteiger partial charge in [0.15, 0.2) is 0 Å². The number of fused-ring (bicyclic) bond motifs is 2. The molecular formula is C24H28N6O2. The van der Waals surface area contributed by atoms with Crippen molar-refractivity contribution in [2.75, 3.05) is 0 Å². The molecule has 5 rings (SSSR count). The number of pyridine rings is 3. The fraction of sp³-hybridized carbons (Fsp3) is 0.458. The second-order valence-electron chi connectivity index (χ2n) is 8.72. The molecule has 0 bridgehead atoms. The molecule has 0 aliphatic heterocycles. The van der Waals surface area contributed by atoms with Gasteiger partial charge in [-0.25, -0.2) is 9.55 Å². The van der Waals surface area contributed by atoms with E-state index in [0.717, 1.165) is 37.9 Å². The Morgan fingerprint density at radius 1 is 0.969 bits per heavy atom. The van der Waals surface area contributed by atoms with Crippen molar-refractivity contribution in [3.63, 3.8) is 0 Å². The summed E-state index contributed by atoms with van der Waals surface area (Å²) in [7, 11) is 0. The van der Waals surface area contributed by atoms with Crippen molar-refractivity contribution in [2.45, 2.75) is 70.8 Å². The van der Waals surface area contributed by atoms with E-state index in [9.17, 15) is 9.59 Å². The van der Waals surface area contributed by atoms with E-state index in [0.29, 0.717) is 40.2 Å². The summed E-state index contributed by atoms with van der Waals surface area (Å²) >= 11 is 0. The van der Waals surface area contributed by atoms with Gasteiger partial charge >= 0.3 is 0 Å². The topological polar surface area (TPSA) is 98.5 Å². The van der Waals surface area contributed by atoms with Gasteiger partial charge in [-0.3, -0.25) is 14.7 Å². The molecule has 1 aliphatic rings. The highest BCUT2D eigenvalue weighted by Gasteiger charge is 2.20. The first-order valence-corrected chi connectivity index (χ1v) is 11.6. The standard InChI is InChI=1S/C24H28N6O2/c1-2-3-7-12-29-13-10-19-17(22(29)31)15-18-20(25-19)11-14-30(23(18)32)24-26-21(27-28-24)16-8-5-4-6-9-16/h10-11,13-16H,2-9,12H2,1H3,(H,26,27,28). The van der Waals surface area contributed by atoms with Gasteiger partial charge in [-0.2, -0.15) is 4.98 Å². The Morgan fingerprint density at radius 2 is 1.72 bits per heavy atom. The Morgan fingerprint density at radius 3 is 2.50 bits per heavy atom. The van der Waals surface area contributed by atoms with Gasteiger partial charge in [-0.15, -0.1) is 5.10 Å². The molecule has 8 nitrogen and oxygen atoms in total. The lowest BCUT2D eigenvalue weighted by Crippen LogP contribution is -2.22. The normalized spacial score (nSPS) is 15.0. The number of nitrogens with zero attached hydrogens (tertiary/aromatic N) is 5. The SMILES string of the molecule is CCCCCn1ccc2nc3ccn(-c4n[nH]c(C5CCCCC5)n4)c(=O)c3cc2c1=O. The zero-order chi connectivity index (χ0) is 22.1. The first-order chi connectivity index (χ1) is 15.7. The van der Waals surface area contributed by atoms with Gasteiger partial charge < -0.3 is 4.57 Å². The van der Waals surface area contributed by atoms with Gasteiger partial charge in [0.05, 0.1) is 21.8 Å². The van der Waals surface area contributed by atoms with Crippen LogP contribution in [0.25, 0.3) is 27.8 Å². The third kappa shape index (κ3) is 3.74. The van der Waals surface area contributed by atoms with Crippen LogP contribution < -0.4 is 11.1 Å². The molecule has 1 saturated carbocycles. The largest absolute Gasteiger partial charge is 0.315 e. The Kier molecular flexibility index (Phi) is 5.59. The lowest BCUT2D eigenvalue weighted by atomic mass is 9.89. The molecule has 0 radical (unpaired) electrons. The minimum atomic E-state index is -0.271. The Bertz CT molecular complexity index is 1380. The van der Waals surface area contributed by atoms with E-state index in [-0.39, 0.29) is 11.1 Å². The number of hydrogen-bond acceptors (Lipinski definition) is 5. The average molecular weight is 433 g/mol. The van der Waals surface area contributed by atoms with Crippen molar-refractivity contribution in [3.8, 4) is 5.95 Å². The number of nitrogens with one attached hydrogen (secondary N) is 1. The molecule has 0 atom stereocenters. The number of hydrogen-bond donors (Lipinski definition) is 1. The maximum Gasteiger partial charge on any atom is 0.267 e. The van der Waals surface area contributed by atoms with Crippen molar-refractivity contribution in [3.05, 3.63) is 57.1 Å². The highest BCUT2D eigenvalue weighted by Crippen LogP contribution is 2.30. The number of H-pyrrole nitrogens is 1. The molecule has 4 heterocycles. The van der Waals surface area contributed by atoms with Crippen LogP contribution in [0.5, 0.6) is 0 Å². The van der Waals surface area contributed by atoms with E-state index >= 15 is 0 Å². The lowest BCUT2D eigenvalue weighted by molar-refractivity contribution is 0.429. The van der Waals surface area contributed by atoms with Gasteiger partial charge in [0.1, 0.15) is 5.82 Å². The summed E-state index contributed by atoms with van der Waals surface area (Å²) in [6.07, 6.45) is 12.4. The van der Waals surface area contributed by atoms with E-state index in [4.69, 9.17) is 0 Å².